The Kier molecular flexibility index (Phi) is 2.92. The van der Waals surface area contributed by atoms with E-state index in [9.17, 15) is 4.79 Å². The summed E-state index contributed by atoms with van der Waals surface area (Å²) < 4.78 is 4.47. The molecule has 1 amide bonds. The van der Waals surface area contributed by atoms with Gasteiger partial charge in [-0.15, -0.1) is 0 Å². The number of rotatable bonds is 4. The average molecular weight is 172 g/mol. The summed E-state index contributed by atoms with van der Waals surface area (Å²) in [6, 6.07) is 0. The normalized spacial score (nSPS) is 18.5. The second-order valence-electron chi connectivity index (χ2n) is 3.38. The number of carbonyl (C=O) groups is 1. The van der Waals surface area contributed by atoms with Crippen LogP contribution in [0, 0.1) is 5.41 Å². The van der Waals surface area contributed by atoms with Crippen molar-refractivity contribution in [2.45, 2.75) is 19.3 Å². The van der Waals surface area contributed by atoms with E-state index >= 15 is 0 Å². The van der Waals surface area contributed by atoms with Gasteiger partial charge in [-0.1, -0.05) is 0 Å². The van der Waals surface area contributed by atoms with E-state index in [2.05, 4.69) is 10.1 Å². The smallest absolute Gasteiger partial charge is 0.406 e. The summed E-state index contributed by atoms with van der Waals surface area (Å²) in [4.78, 5) is 10.7. The van der Waals surface area contributed by atoms with E-state index in [0.717, 1.165) is 6.42 Å². The SMILES string of the molecule is COC(=O)NCC1(CCN)CC1. The van der Waals surface area contributed by atoms with Gasteiger partial charge in [-0.3, -0.25) is 0 Å². The minimum atomic E-state index is -0.349. The summed E-state index contributed by atoms with van der Waals surface area (Å²) in [5.74, 6) is 0. The van der Waals surface area contributed by atoms with Crippen LogP contribution in [-0.4, -0.2) is 26.3 Å². The lowest BCUT2D eigenvalue weighted by Gasteiger charge is -2.13. The molecule has 0 aromatic rings. The molecule has 0 spiro atoms. The van der Waals surface area contributed by atoms with Gasteiger partial charge in [0.15, 0.2) is 0 Å². The number of nitrogens with one attached hydrogen (secondary N) is 1. The molecule has 0 atom stereocenters. The molecule has 0 aliphatic heterocycles. The molecular formula is C8H16N2O2. The zero-order valence-electron chi connectivity index (χ0n) is 7.43. The monoisotopic (exact) mass is 172 g/mol. The highest BCUT2D eigenvalue weighted by Gasteiger charge is 2.41. The van der Waals surface area contributed by atoms with Crippen LogP contribution in [0.4, 0.5) is 4.79 Å². The number of carbonyl (C=O) groups excluding carboxylic acids is 1. The second-order valence-corrected chi connectivity index (χ2v) is 3.38. The third-order valence-electron chi connectivity index (χ3n) is 2.42. The molecule has 12 heavy (non-hydrogen) atoms. The van der Waals surface area contributed by atoms with Crippen molar-refractivity contribution in [3.63, 3.8) is 0 Å². The Hall–Kier alpha value is -0.770. The average Bonchev–Trinajstić information content (AvgIpc) is 2.82. The molecule has 1 rings (SSSR count). The van der Waals surface area contributed by atoms with Gasteiger partial charge >= 0.3 is 6.09 Å². The minimum Gasteiger partial charge on any atom is -0.453 e. The fourth-order valence-corrected chi connectivity index (χ4v) is 1.33. The standard InChI is InChI=1S/C8H16N2O2/c1-12-7(11)10-6-8(2-3-8)4-5-9/h2-6,9H2,1H3,(H,10,11). The van der Waals surface area contributed by atoms with Gasteiger partial charge < -0.3 is 15.8 Å². The van der Waals surface area contributed by atoms with Crippen LogP contribution in [0.25, 0.3) is 0 Å². The van der Waals surface area contributed by atoms with Gasteiger partial charge in [-0.05, 0) is 31.2 Å². The number of methoxy groups -OCH3 is 1. The number of amides is 1. The van der Waals surface area contributed by atoms with Gasteiger partial charge in [0.05, 0.1) is 7.11 Å². The van der Waals surface area contributed by atoms with Crippen LogP contribution in [0.15, 0.2) is 0 Å². The van der Waals surface area contributed by atoms with Crippen LogP contribution in [0.5, 0.6) is 0 Å². The maximum Gasteiger partial charge on any atom is 0.406 e. The highest BCUT2D eigenvalue weighted by molar-refractivity contribution is 5.66. The van der Waals surface area contributed by atoms with Crippen molar-refractivity contribution in [3.8, 4) is 0 Å². The third kappa shape index (κ3) is 2.37. The van der Waals surface area contributed by atoms with Crippen LogP contribution in [0.3, 0.4) is 0 Å². The molecule has 0 aromatic heterocycles. The summed E-state index contributed by atoms with van der Waals surface area (Å²) in [6.07, 6.45) is 3.00. The van der Waals surface area contributed by atoms with Crippen LogP contribution in [-0.2, 0) is 4.74 Å². The lowest BCUT2D eigenvalue weighted by atomic mass is 10.0. The number of hydrogen-bond donors (Lipinski definition) is 2. The number of hydrogen-bond acceptors (Lipinski definition) is 3. The largest absolute Gasteiger partial charge is 0.453 e. The van der Waals surface area contributed by atoms with Crippen molar-refractivity contribution in [1.82, 2.24) is 5.32 Å². The predicted octanol–water partition coefficient (Wildman–Crippen LogP) is 0.471. The van der Waals surface area contributed by atoms with Crippen molar-refractivity contribution in [3.05, 3.63) is 0 Å². The van der Waals surface area contributed by atoms with Gasteiger partial charge in [0.1, 0.15) is 0 Å². The number of ether oxygens (including phenoxy) is 1. The van der Waals surface area contributed by atoms with Gasteiger partial charge in [-0.25, -0.2) is 4.79 Å². The van der Waals surface area contributed by atoms with E-state index < -0.39 is 0 Å². The van der Waals surface area contributed by atoms with Gasteiger partial charge in [0, 0.05) is 6.54 Å². The zero-order chi connectivity index (χ0) is 9.03. The van der Waals surface area contributed by atoms with E-state index in [1.807, 2.05) is 0 Å². The van der Waals surface area contributed by atoms with Gasteiger partial charge in [-0.2, -0.15) is 0 Å². The van der Waals surface area contributed by atoms with Crippen molar-refractivity contribution in [2.24, 2.45) is 11.1 Å². The second kappa shape index (κ2) is 3.76. The molecular weight excluding hydrogens is 156 g/mol. The summed E-state index contributed by atoms with van der Waals surface area (Å²) in [5, 5.41) is 2.70. The molecule has 1 aliphatic carbocycles. The molecule has 0 saturated heterocycles. The minimum absolute atomic E-state index is 0.295. The quantitative estimate of drug-likeness (QED) is 0.648. The lowest BCUT2D eigenvalue weighted by molar-refractivity contribution is 0.168. The first kappa shape index (κ1) is 9.32. The molecule has 0 bridgehead atoms. The highest BCUT2D eigenvalue weighted by atomic mass is 16.5. The van der Waals surface area contributed by atoms with Crippen LogP contribution >= 0.6 is 0 Å². The topological polar surface area (TPSA) is 64.3 Å². The molecule has 0 unspecified atom stereocenters. The molecule has 4 heteroatoms. The summed E-state index contributed by atoms with van der Waals surface area (Å²) in [6.45, 7) is 1.40. The highest BCUT2D eigenvalue weighted by Crippen LogP contribution is 2.47. The lowest BCUT2D eigenvalue weighted by Crippen LogP contribution is -2.31. The van der Waals surface area contributed by atoms with Crippen molar-refractivity contribution < 1.29 is 9.53 Å². The molecule has 3 N–H and O–H groups in total. The maximum atomic E-state index is 10.7. The summed E-state index contributed by atoms with van der Waals surface area (Å²) >= 11 is 0. The Balaban J connectivity index is 2.17. The molecule has 0 aromatic carbocycles. The van der Waals surface area contributed by atoms with Crippen molar-refractivity contribution >= 4 is 6.09 Å². The molecule has 4 nitrogen and oxygen atoms in total. The Bertz CT molecular complexity index is 166. The molecule has 0 heterocycles. The Morgan fingerprint density at radius 1 is 1.67 bits per heavy atom. The number of nitrogens with two attached hydrogens (primary N) is 1. The van der Waals surface area contributed by atoms with Crippen molar-refractivity contribution in [2.75, 3.05) is 20.2 Å². The fraction of sp³-hybridized carbons (Fsp3) is 0.875. The predicted molar refractivity (Wildman–Crippen MR) is 45.7 cm³/mol. The van der Waals surface area contributed by atoms with Crippen LogP contribution in [0.1, 0.15) is 19.3 Å². The maximum absolute atomic E-state index is 10.7. The van der Waals surface area contributed by atoms with E-state index in [1.54, 1.807) is 0 Å². The molecule has 0 radical (unpaired) electrons. The van der Waals surface area contributed by atoms with E-state index in [-0.39, 0.29) is 6.09 Å². The third-order valence-corrected chi connectivity index (χ3v) is 2.42. The first-order valence-corrected chi connectivity index (χ1v) is 4.24. The first-order chi connectivity index (χ1) is 5.72. The fourth-order valence-electron chi connectivity index (χ4n) is 1.33. The Morgan fingerprint density at radius 3 is 2.75 bits per heavy atom. The summed E-state index contributed by atoms with van der Waals surface area (Å²) in [5.41, 5.74) is 5.74. The van der Waals surface area contributed by atoms with E-state index in [4.69, 9.17) is 5.73 Å². The molecule has 1 fully saturated rings. The summed E-state index contributed by atoms with van der Waals surface area (Å²) in [7, 11) is 1.37. The van der Waals surface area contributed by atoms with Crippen molar-refractivity contribution in [1.29, 1.82) is 0 Å². The molecule has 70 valence electrons. The Morgan fingerprint density at radius 2 is 2.33 bits per heavy atom. The molecule has 1 saturated carbocycles. The van der Waals surface area contributed by atoms with Crippen LogP contribution < -0.4 is 11.1 Å². The molecule has 1 aliphatic rings. The van der Waals surface area contributed by atoms with Crippen LogP contribution in [0.2, 0.25) is 0 Å². The first-order valence-electron chi connectivity index (χ1n) is 4.24. The Labute approximate surface area is 72.5 Å². The van der Waals surface area contributed by atoms with E-state index in [1.165, 1.54) is 20.0 Å². The van der Waals surface area contributed by atoms with Gasteiger partial charge in [0.2, 0.25) is 0 Å². The van der Waals surface area contributed by atoms with E-state index in [0.29, 0.717) is 18.5 Å². The van der Waals surface area contributed by atoms with Gasteiger partial charge in [0.25, 0.3) is 0 Å². The zero-order valence-corrected chi connectivity index (χ0v) is 7.43. The number of alkyl carbamates (subject to hydrolysis) is 1.